The van der Waals surface area contributed by atoms with E-state index >= 15 is 0 Å². The van der Waals surface area contributed by atoms with Crippen molar-refractivity contribution in [1.29, 1.82) is 0 Å². The van der Waals surface area contributed by atoms with Gasteiger partial charge in [-0.2, -0.15) is 13.2 Å². The van der Waals surface area contributed by atoms with Crippen molar-refractivity contribution in [3.05, 3.63) is 45.7 Å². The van der Waals surface area contributed by atoms with Crippen molar-refractivity contribution in [2.75, 3.05) is 5.32 Å². The van der Waals surface area contributed by atoms with Crippen LogP contribution in [-0.2, 0) is 12.7 Å². The van der Waals surface area contributed by atoms with Crippen LogP contribution in [0.2, 0.25) is 0 Å². The molecule has 4 nitrogen and oxygen atoms in total. The number of nitrogens with one attached hydrogen (secondary N) is 1. The molecule has 112 valence electrons. The van der Waals surface area contributed by atoms with E-state index in [0.717, 1.165) is 11.3 Å². The first-order chi connectivity index (χ1) is 9.81. The van der Waals surface area contributed by atoms with E-state index in [1.54, 1.807) is 0 Å². The van der Waals surface area contributed by atoms with Crippen LogP contribution in [0.4, 0.5) is 23.2 Å². The number of aromatic nitrogens is 1. The van der Waals surface area contributed by atoms with Crippen LogP contribution in [0, 0.1) is 5.82 Å². The molecule has 0 unspecified atom stereocenters. The van der Waals surface area contributed by atoms with Crippen LogP contribution in [0.5, 0.6) is 0 Å². The topological polar surface area (TPSA) is 68.0 Å². The average Bonchev–Trinajstić information content (AvgIpc) is 2.88. The molecular formula is C12H9F4N3OS. The summed E-state index contributed by atoms with van der Waals surface area (Å²) in [5.74, 6) is -1.77. The zero-order chi connectivity index (χ0) is 15.6. The largest absolute Gasteiger partial charge is 0.416 e. The van der Waals surface area contributed by atoms with Crippen LogP contribution in [0.1, 0.15) is 21.1 Å². The lowest BCUT2D eigenvalue weighted by Gasteiger charge is -2.10. The number of rotatable bonds is 3. The molecule has 2 rings (SSSR count). The summed E-state index contributed by atoms with van der Waals surface area (Å²) in [5.41, 5.74) is 3.69. The molecule has 0 fully saturated rings. The van der Waals surface area contributed by atoms with Gasteiger partial charge in [-0.1, -0.05) is 0 Å². The van der Waals surface area contributed by atoms with Crippen LogP contribution in [0.25, 0.3) is 0 Å². The molecule has 1 amide bonds. The number of hydrogen-bond donors (Lipinski definition) is 2. The van der Waals surface area contributed by atoms with Crippen molar-refractivity contribution < 1.29 is 22.4 Å². The van der Waals surface area contributed by atoms with Crippen LogP contribution in [0.3, 0.4) is 0 Å². The maximum Gasteiger partial charge on any atom is 0.416 e. The number of amides is 1. The lowest BCUT2D eigenvalue weighted by Crippen LogP contribution is -2.15. The third-order valence-electron chi connectivity index (χ3n) is 2.50. The smallest absolute Gasteiger partial charge is 0.325 e. The second-order valence-electron chi connectivity index (χ2n) is 3.98. The Morgan fingerprint density at radius 1 is 1.38 bits per heavy atom. The minimum atomic E-state index is -4.62. The number of nitrogens with two attached hydrogens (primary N) is 1. The van der Waals surface area contributed by atoms with Gasteiger partial charge in [-0.15, -0.1) is 11.3 Å². The summed E-state index contributed by atoms with van der Waals surface area (Å²) in [6.07, 6.45) is -4.62. The average molecular weight is 319 g/mol. The number of thiazole rings is 1. The minimum absolute atomic E-state index is 0.0303. The molecule has 9 heteroatoms. The molecule has 0 aliphatic heterocycles. The van der Waals surface area contributed by atoms with E-state index in [1.165, 1.54) is 5.38 Å². The molecule has 2 aromatic rings. The number of hydrogen-bond acceptors (Lipinski definition) is 4. The Bertz CT molecular complexity index is 669. The summed E-state index contributed by atoms with van der Waals surface area (Å²) in [5, 5.41) is 3.95. The van der Waals surface area contributed by atoms with Crippen LogP contribution in [0.15, 0.2) is 23.6 Å². The van der Waals surface area contributed by atoms with Crippen LogP contribution < -0.4 is 11.1 Å². The maximum absolute atomic E-state index is 13.5. The van der Waals surface area contributed by atoms with Crippen molar-refractivity contribution >= 4 is 22.9 Å². The fourth-order valence-electron chi connectivity index (χ4n) is 1.49. The van der Waals surface area contributed by atoms with Gasteiger partial charge < -0.3 is 11.1 Å². The molecule has 3 N–H and O–H groups in total. The number of halogens is 4. The maximum atomic E-state index is 13.5. The van der Waals surface area contributed by atoms with E-state index in [1.807, 2.05) is 0 Å². The van der Waals surface area contributed by atoms with E-state index < -0.39 is 29.2 Å². The molecule has 21 heavy (non-hydrogen) atoms. The number of anilines is 1. The number of alkyl halides is 3. The van der Waals surface area contributed by atoms with Crippen LogP contribution in [-0.4, -0.2) is 10.9 Å². The number of benzene rings is 1. The summed E-state index contributed by atoms with van der Waals surface area (Å²) >= 11 is 1.13. The molecule has 0 atom stereocenters. The number of carbonyl (C=O) groups excluding carboxylic acids is 1. The Kier molecular flexibility index (Phi) is 4.24. The highest BCUT2D eigenvalue weighted by Gasteiger charge is 2.31. The molecule has 0 saturated heterocycles. The molecule has 0 radical (unpaired) electrons. The highest BCUT2D eigenvalue weighted by molar-refractivity contribution is 7.09. The Morgan fingerprint density at radius 3 is 2.67 bits per heavy atom. The van der Waals surface area contributed by atoms with E-state index in [0.29, 0.717) is 23.2 Å². The molecule has 1 heterocycles. The summed E-state index contributed by atoms with van der Waals surface area (Å²) in [4.78, 5) is 15.7. The second-order valence-corrected chi connectivity index (χ2v) is 4.92. The molecule has 0 aliphatic carbocycles. The predicted octanol–water partition coefficient (Wildman–Crippen LogP) is 3.01. The zero-order valence-corrected chi connectivity index (χ0v) is 11.2. The first-order valence-electron chi connectivity index (χ1n) is 5.64. The van der Waals surface area contributed by atoms with E-state index in [9.17, 15) is 22.4 Å². The second kappa shape index (κ2) is 5.78. The van der Waals surface area contributed by atoms with Crippen LogP contribution >= 0.6 is 11.3 Å². The van der Waals surface area contributed by atoms with E-state index in [2.05, 4.69) is 10.3 Å². The molecule has 1 aromatic carbocycles. The van der Waals surface area contributed by atoms with Gasteiger partial charge in [-0.05, 0) is 18.2 Å². The van der Waals surface area contributed by atoms with Gasteiger partial charge in [0, 0.05) is 11.9 Å². The fourth-order valence-corrected chi connectivity index (χ4v) is 2.15. The van der Waals surface area contributed by atoms with Gasteiger partial charge in [-0.3, -0.25) is 4.79 Å². The molecule has 1 aromatic heterocycles. The Hall–Kier alpha value is -2.00. The number of nitrogens with zero attached hydrogens (tertiary/aromatic N) is 1. The quantitative estimate of drug-likeness (QED) is 0.855. The van der Waals surface area contributed by atoms with Crippen molar-refractivity contribution in [3.63, 3.8) is 0 Å². The Morgan fingerprint density at radius 2 is 2.10 bits per heavy atom. The lowest BCUT2D eigenvalue weighted by molar-refractivity contribution is -0.137. The lowest BCUT2D eigenvalue weighted by atomic mass is 10.2. The monoisotopic (exact) mass is 319 g/mol. The number of carbonyl (C=O) groups is 1. The Balaban J connectivity index is 2.24. The van der Waals surface area contributed by atoms with Gasteiger partial charge in [0.25, 0.3) is 5.91 Å². The predicted molar refractivity (Wildman–Crippen MR) is 69.4 cm³/mol. The fraction of sp³-hybridized carbons (Fsp3) is 0.167. The van der Waals surface area contributed by atoms with Crippen molar-refractivity contribution in [1.82, 2.24) is 4.98 Å². The zero-order valence-electron chi connectivity index (χ0n) is 10.4. The molecule has 0 bridgehead atoms. The van der Waals surface area contributed by atoms with Gasteiger partial charge >= 0.3 is 6.18 Å². The summed E-state index contributed by atoms with van der Waals surface area (Å²) < 4.78 is 51.1. The van der Waals surface area contributed by atoms with Gasteiger partial charge in [0.05, 0.1) is 11.3 Å². The van der Waals surface area contributed by atoms with Crippen molar-refractivity contribution in [3.8, 4) is 0 Å². The summed E-state index contributed by atoms with van der Waals surface area (Å²) in [6, 6.07) is 1.77. The summed E-state index contributed by atoms with van der Waals surface area (Å²) in [6.45, 7) is 0.135. The third-order valence-corrected chi connectivity index (χ3v) is 3.37. The van der Waals surface area contributed by atoms with Gasteiger partial charge in [-0.25, -0.2) is 9.37 Å². The summed E-state index contributed by atoms with van der Waals surface area (Å²) in [7, 11) is 0. The molecule has 0 aliphatic rings. The highest BCUT2D eigenvalue weighted by Crippen LogP contribution is 2.31. The first kappa shape index (κ1) is 15.4. The Labute approximate surface area is 120 Å². The molecular weight excluding hydrogens is 310 g/mol. The van der Waals surface area contributed by atoms with Gasteiger partial charge in [0.1, 0.15) is 16.5 Å². The van der Waals surface area contributed by atoms with Gasteiger partial charge in [0.15, 0.2) is 0 Å². The van der Waals surface area contributed by atoms with E-state index in [-0.39, 0.29) is 12.2 Å². The SMILES string of the molecule is NCc1nc(C(=O)Nc2cc(C(F)(F)F)ccc2F)cs1. The van der Waals surface area contributed by atoms with Gasteiger partial charge in [0.2, 0.25) is 0 Å². The van der Waals surface area contributed by atoms with Crippen molar-refractivity contribution in [2.24, 2.45) is 5.73 Å². The first-order valence-corrected chi connectivity index (χ1v) is 6.52. The molecule has 0 saturated carbocycles. The van der Waals surface area contributed by atoms with E-state index in [4.69, 9.17) is 5.73 Å². The third kappa shape index (κ3) is 3.56. The minimum Gasteiger partial charge on any atom is -0.325 e. The molecule has 0 spiro atoms. The highest BCUT2D eigenvalue weighted by atomic mass is 32.1. The normalized spacial score (nSPS) is 11.5. The van der Waals surface area contributed by atoms with Crippen molar-refractivity contribution in [2.45, 2.75) is 12.7 Å². The standard InChI is InChI=1S/C12H9F4N3OS/c13-7-2-1-6(12(14,15)16)3-8(7)19-11(20)9-5-21-10(4-17)18-9/h1-3,5H,4,17H2,(H,19,20).